The first-order valence-corrected chi connectivity index (χ1v) is 15.8. The monoisotopic (exact) mass is 566 g/mol. The maximum atomic E-state index is 6.65. The molecule has 4 aromatic rings. The summed E-state index contributed by atoms with van der Waals surface area (Å²) in [6.45, 7) is 7.44. The SMILES string of the molecule is C=C(c1cc(OC)c2c(c1)nc(-c1cc3cccnc3n1CC1CC1)n2CC1CC(OC)C1)N1C[C@H]2CCC[C@@H]1[C@@H]2N. The fourth-order valence-corrected chi connectivity index (χ4v) is 7.94. The molecule has 3 aromatic heterocycles. The Hall–Kier alpha value is -3.36. The quantitative estimate of drug-likeness (QED) is 0.281. The van der Waals surface area contributed by atoms with Gasteiger partial charge in [0.05, 0.1) is 24.4 Å². The van der Waals surface area contributed by atoms with Crippen LogP contribution in [-0.4, -0.2) is 63.0 Å². The maximum absolute atomic E-state index is 6.65. The molecule has 3 saturated carbocycles. The van der Waals surface area contributed by atoms with Gasteiger partial charge in [0.25, 0.3) is 0 Å². The zero-order valence-corrected chi connectivity index (χ0v) is 24.8. The molecule has 1 saturated heterocycles. The minimum atomic E-state index is 0.229. The molecule has 8 nitrogen and oxygen atoms in total. The van der Waals surface area contributed by atoms with E-state index in [-0.39, 0.29) is 6.04 Å². The number of imidazole rings is 1. The van der Waals surface area contributed by atoms with Crippen molar-refractivity contribution in [3.05, 3.63) is 48.7 Å². The number of pyridine rings is 1. The molecule has 2 N–H and O–H groups in total. The molecule has 4 heterocycles. The normalized spacial score (nSPS) is 27.1. The standard InChI is InChI=1S/C34H42N6O2/c1-20(38-19-24-6-4-8-28(38)31(24)35)25-14-27-32(30(16-25)42-3)40(18-22-12-26(13-22)41-2)34(37-27)29-15-23-7-5-11-36-33(23)39(29)17-21-9-10-21/h5,7,11,14-16,21-22,24,26,28,31H,1,4,6,8-10,12-13,17-19,35H2,2-3H3/t22?,24-,26?,28-,31-/m1/s1. The number of rotatable bonds is 9. The molecule has 0 unspecified atom stereocenters. The van der Waals surface area contributed by atoms with Gasteiger partial charge in [-0.05, 0) is 86.6 Å². The predicted octanol–water partition coefficient (Wildman–Crippen LogP) is 5.68. The molecule has 8 heteroatoms. The lowest BCUT2D eigenvalue weighted by atomic mass is 9.82. The molecule has 1 aliphatic heterocycles. The van der Waals surface area contributed by atoms with Crippen LogP contribution in [0, 0.1) is 17.8 Å². The lowest BCUT2D eigenvalue weighted by Gasteiger charge is -2.35. The molecule has 1 aromatic carbocycles. The van der Waals surface area contributed by atoms with Crippen LogP contribution >= 0.6 is 0 Å². The van der Waals surface area contributed by atoms with Crippen molar-refractivity contribution in [1.82, 2.24) is 24.0 Å². The highest BCUT2D eigenvalue weighted by Gasteiger charge is 2.42. The number of hydrogen-bond acceptors (Lipinski definition) is 6. The van der Waals surface area contributed by atoms with Gasteiger partial charge in [0.1, 0.15) is 16.9 Å². The number of hydrogen-bond donors (Lipinski definition) is 1. The van der Waals surface area contributed by atoms with Gasteiger partial charge in [-0.25, -0.2) is 9.97 Å². The summed E-state index contributed by atoms with van der Waals surface area (Å²) in [5.41, 5.74) is 12.9. The molecule has 3 atom stereocenters. The number of nitrogens with two attached hydrogens (primary N) is 1. The van der Waals surface area contributed by atoms with Gasteiger partial charge in [-0.1, -0.05) is 13.0 Å². The number of nitrogens with zero attached hydrogens (tertiary/aromatic N) is 5. The zero-order chi connectivity index (χ0) is 28.5. The third kappa shape index (κ3) is 4.25. The van der Waals surface area contributed by atoms with Gasteiger partial charge in [-0.3, -0.25) is 0 Å². The smallest absolute Gasteiger partial charge is 0.158 e. The molecular formula is C34H42N6O2. The van der Waals surface area contributed by atoms with E-state index in [1.165, 1.54) is 25.7 Å². The first-order valence-electron chi connectivity index (χ1n) is 15.8. The molecule has 4 aliphatic rings. The third-order valence-corrected chi connectivity index (χ3v) is 10.6. The predicted molar refractivity (Wildman–Crippen MR) is 166 cm³/mol. The Morgan fingerprint density at radius 2 is 1.88 bits per heavy atom. The zero-order valence-electron chi connectivity index (χ0n) is 24.8. The van der Waals surface area contributed by atoms with Gasteiger partial charge in [-0.2, -0.15) is 0 Å². The molecule has 4 fully saturated rings. The van der Waals surface area contributed by atoms with E-state index < -0.39 is 0 Å². The van der Waals surface area contributed by atoms with Crippen LogP contribution in [0.1, 0.15) is 50.5 Å². The summed E-state index contributed by atoms with van der Waals surface area (Å²) in [6.07, 6.45) is 10.5. The summed E-state index contributed by atoms with van der Waals surface area (Å²) in [5.74, 6) is 3.64. The molecule has 0 amide bonds. The first-order chi connectivity index (χ1) is 20.5. The minimum absolute atomic E-state index is 0.229. The van der Waals surface area contributed by atoms with E-state index in [0.29, 0.717) is 29.9 Å². The first kappa shape index (κ1) is 26.3. The van der Waals surface area contributed by atoms with Gasteiger partial charge in [0, 0.05) is 61.7 Å². The Balaban J connectivity index is 1.26. The van der Waals surface area contributed by atoms with E-state index in [1.54, 1.807) is 7.11 Å². The van der Waals surface area contributed by atoms with Crippen LogP contribution in [0.5, 0.6) is 5.75 Å². The Kier molecular flexibility index (Phi) is 6.34. The summed E-state index contributed by atoms with van der Waals surface area (Å²) in [7, 11) is 3.59. The Morgan fingerprint density at radius 3 is 2.64 bits per heavy atom. The molecule has 0 radical (unpaired) electrons. The second kappa shape index (κ2) is 10.1. The van der Waals surface area contributed by atoms with Gasteiger partial charge < -0.3 is 29.2 Å². The van der Waals surface area contributed by atoms with E-state index in [4.69, 9.17) is 25.2 Å². The summed E-state index contributed by atoms with van der Waals surface area (Å²) in [6, 6.07) is 11.4. The van der Waals surface area contributed by atoms with Crippen molar-refractivity contribution in [1.29, 1.82) is 0 Å². The minimum Gasteiger partial charge on any atom is -0.494 e. The number of benzene rings is 1. The van der Waals surface area contributed by atoms with E-state index in [2.05, 4.69) is 44.9 Å². The fourth-order valence-electron chi connectivity index (χ4n) is 7.94. The number of aromatic nitrogens is 4. The number of ether oxygens (including phenoxy) is 2. The average Bonchev–Trinajstić information content (AvgIpc) is 3.61. The van der Waals surface area contributed by atoms with Gasteiger partial charge in [0.2, 0.25) is 0 Å². The van der Waals surface area contributed by atoms with Crippen molar-refractivity contribution >= 4 is 27.8 Å². The van der Waals surface area contributed by atoms with E-state index in [9.17, 15) is 0 Å². The van der Waals surface area contributed by atoms with Crippen LogP contribution in [0.25, 0.3) is 39.3 Å². The highest BCUT2D eigenvalue weighted by atomic mass is 16.5. The van der Waals surface area contributed by atoms with Gasteiger partial charge >= 0.3 is 0 Å². The number of methoxy groups -OCH3 is 2. The van der Waals surface area contributed by atoms with Crippen LogP contribution < -0.4 is 10.5 Å². The second-order valence-electron chi connectivity index (χ2n) is 13.2. The van der Waals surface area contributed by atoms with Crippen molar-refractivity contribution in [2.75, 3.05) is 20.8 Å². The second-order valence-corrected chi connectivity index (χ2v) is 13.2. The molecule has 8 rings (SSSR count). The molecule has 0 spiro atoms. The topological polar surface area (TPSA) is 83.4 Å². The largest absolute Gasteiger partial charge is 0.494 e. The van der Waals surface area contributed by atoms with E-state index >= 15 is 0 Å². The van der Waals surface area contributed by atoms with Crippen LogP contribution in [0.3, 0.4) is 0 Å². The molecule has 2 bridgehead atoms. The lowest BCUT2D eigenvalue weighted by Crippen LogP contribution is -2.42. The summed E-state index contributed by atoms with van der Waals surface area (Å²) >= 11 is 0. The Labute approximate surface area is 247 Å². The third-order valence-electron chi connectivity index (χ3n) is 10.6. The van der Waals surface area contributed by atoms with Gasteiger partial charge in [0.15, 0.2) is 5.82 Å². The highest BCUT2D eigenvalue weighted by Crippen LogP contribution is 2.43. The fraction of sp³-hybridized carbons (Fsp3) is 0.529. The van der Waals surface area contributed by atoms with E-state index in [0.717, 1.165) is 89.5 Å². The van der Waals surface area contributed by atoms with Crippen molar-refractivity contribution in [3.8, 4) is 17.3 Å². The summed E-state index contributed by atoms with van der Waals surface area (Å²) in [5, 5.41) is 1.16. The summed E-state index contributed by atoms with van der Waals surface area (Å²) < 4.78 is 16.6. The maximum Gasteiger partial charge on any atom is 0.158 e. The molecule has 220 valence electrons. The van der Waals surface area contributed by atoms with Crippen molar-refractivity contribution in [3.63, 3.8) is 0 Å². The van der Waals surface area contributed by atoms with Crippen LogP contribution in [0.2, 0.25) is 0 Å². The summed E-state index contributed by atoms with van der Waals surface area (Å²) in [4.78, 5) is 12.7. The average molecular weight is 567 g/mol. The number of likely N-dealkylation sites (tertiary alicyclic amines) is 1. The van der Waals surface area contributed by atoms with Crippen LogP contribution in [-0.2, 0) is 17.8 Å². The molecule has 42 heavy (non-hydrogen) atoms. The Morgan fingerprint density at radius 1 is 1.05 bits per heavy atom. The van der Waals surface area contributed by atoms with Crippen LogP contribution in [0.4, 0.5) is 0 Å². The Bertz CT molecular complexity index is 1660. The molecular weight excluding hydrogens is 524 g/mol. The lowest BCUT2D eigenvalue weighted by molar-refractivity contribution is -0.00392. The van der Waals surface area contributed by atoms with Crippen molar-refractivity contribution in [2.24, 2.45) is 23.5 Å². The number of fused-ring (bicyclic) bond motifs is 4. The van der Waals surface area contributed by atoms with Crippen molar-refractivity contribution < 1.29 is 9.47 Å². The molecule has 3 aliphatic carbocycles. The van der Waals surface area contributed by atoms with Crippen LogP contribution in [0.15, 0.2) is 43.1 Å². The highest BCUT2D eigenvalue weighted by molar-refractivity contribution is 5.91. The van der Waals surface area contributed by atoms with Gasteiger partial charge in [-0.15, -0.1) is 0 Å². The van der Waals surface area contributed by atoms with E-state index in [1.807, 2.05) is 19.4 Å². The van der Waals surface area contributed by atoms with Crippen molar-refractivity contribution in [2.45, 2.75) is 76.2 Å².